The number of halogens is 1. The highest BCUT2D eigenvalue weighted by atomic mass is 32.2. The van der Waals surface area contributed by atoms with Gasteiger partial charge in [-0.2, -0.15) is 0 Å². The van der Waals surface area contributed by atoms with Crippen molar-refractivity contribution in [1.82, 2.24) is 9.97 Å². The second kappa shape index (κ2) is 5.61. The van der Waals surface area contributed by atoms with E-state index in [-0.39, 0.29) is 10.1 Å². The number of nitro groups is 1. The first-order chi connectivity index (χ1) is 9.49. The molecule has 0 bridgehead atoms. The van der Waals surface area contributed by atoms with Crippen LogP contribution in [0.4, 0.5) is 10.1 Å². The molecule has 1 aromatic heterocycles. The maximum absolute atomic E-state index is 13.5. The fourth-order valence-corrected chi connectivity index (χ4v) is 2.21. The van der Waals surface area contributed by atoms with Gasteiger partial charge in [0.15, 0.2) is 5.16 Å². The van der Waals surface area contributed by atoms with E-state index in [9.17, 15) is 19.3 Å². The Kier molecular flexibility index (Phi) is 3.89. The van der Waals surface area contributed by atoms with E-state index in [1.165, 1.54) is 12.4 Å². The monoisotopic (exact) mass is 295 g/mol. The summed E-state index contributed by atoms with van der Waals surface area (Å²) in [6, 6.07) is 3.04. The van der Waals surface area contributed by atoms with Gasteiger partial charge in [-0.3, -0.25) is 10.1 Å². The molecule has 0 aliphatic rings. The minimum Gasteiger partial charge on any atom is -0.478 e. The molecule has 20 heavy (non-hydrogen) atoms. The van der Waals surface area contributed by atoms with Crippen molar-refractivity contribution in [3.05, 3.63) is 52.1 Å². The normalized spacial score (nSPS) is 10.2. The molecule has 0 aliphatic carbocycles. The highest BCUT2D eigenvalue weighted by molar-refractivity contribution is 7.99. The summed E-state index contributed by atoms with van der Waals surface area (Å²) in [4.78, 5) is 28.6. The van der Waals surface area contributed by atoms with E-state index < -0.39 is 28.0 Å². The van der Waals surface area contributed by atoms with E-state index >= 15 is 0 Å². The standard InChI is InChI=1S/C11H6FN3O4S/c12-7-5-8(15(18)19)9(4-6(7)10(16)17)20-11-13-2-1-3-14-11/h1-5H,(H,16,17). The van der Waals surface area contributed by atoms with Crippen molar-refractivity contribution < 1.29 is 19.2 Å². The largest absolute Gasteiger partial charge is 0.478 e. The number of rotatable bonds is 4. The van der Waals surface area contributed by atoms with Crippen molar-refractivity contribution in [2.75, 3.05) is 0 Å². The predicted molar refractivity (Wildman–Crippen MR) is 66.2 cm³/mol. The first-order valence-corrected chi connectivity index (χ1v) is 5.97. The van der Waals surface area contributed by atoms with Gasteiger partial charge < -0.3 is 5.11 Å². The van der Waals surface area contributed by atoms with Crippen LogP contribution in [-0.4, -0.2) is 26.0 Å². The highest BCUT2D eigenvalue weighted by Gasteiger charge is 2.22. The molecule has 0 saturated carbocycles. The van der Waals surface area contributed by atoms with E-state index in [1.54, 1.807) is 6.07 Å². The van der Waals surface area contributed by atoms with Crippen molar-refractivity contribution in [2.24, 2.45) is 0 Å². The quantitative estimate of drug-likeness (QED) is 0.524. The lowest BCUT2D eigenvalue weighted by Gasteiger charge is -2.04. The summed E-state index contributed by atoms with van der Waals surface area (Å²) in [6.45, 7) is 0. The lowest BCUT2D eigenvalue weighted by molar-refractivity contribution is -0.387. The molecule has 0 spiro atoms. The molecule has 1 N–H and O–H groups in total. The summed E-state index contributed by atoms with van der Waals surface area (Å²) >= 11 is 0.789. The number of carboxylic acids is 1. The summed E-state index contributed by atoms with van der Waals surface area (Å²) in [5.41, 5.74) is -1.18. The number of hydrogen-bond donors (Lipinski definition) is 1. The van der Waals surface area contributed by atoms with Gasteiger partial charge >= 0.3 is 5.97 Å². The van der Waals surface area contributed by atoms with Crippen LogP contribution in [0.3, 0.4) is 0 Å². The minimum atomic E-state index is -1.51. The van der Waals surface area contributed by atoms with Crippen molar-refractivity contribution in [1.29, 1.82) is 0 Å². The lowest BCUT2D eigenvalue weighted by Crippen LogP contribution is -2.03. The van der Waals surface area contributed by atoms with Crippen molar-refractivity contribution in [3.63, 3.8) is 0 Å². The molecule has 0 saturated heterocycles. The second-order valence-corrected chi connectivity index (χ2v) is 4.50. The Balaban J connectivity index is 2.51. The molecular weight excluding hydrogens is 289 g/mol. The first kappa shape index (κ1) is 13.9. The molecular formula is C11H6FN3O4S. The zero-order valence-corrected chi connectivity index (χ0v) is 10.5. The number of nitrogens with zero attached hydrogens (tertiary/aromatic N) is 3. The Bertz CT molecular complexity index is 681. The van der Waals surface area contributed by atoms with E-state index in [1.807, 2.05) is 0 Å². The van der Waals surface area contributed by atoms with Gasteiger partial charge in [0.05, 0.1) is 21.4 Å². The molecule has 1 aromatic carbocycles. The van der Waals surface area contributed by atoms with Gasteiger partial charge in [-0.05, 0) is 23.9 Å². The Hall–Kier alpha value is -2.55. The summed E-state index contributed by atoms with van der Waals surface area (Å²) in [5, 5.41) is 19.9. The van der Waals surface area contributed by atoms with Gasteiger partial charge in [0, 0.05) is 12.4 Å². The Morgan fingerprint density at radius 1 is 1.35 bits per heavy atom. The van der Waals surface area contributed by atoms with E-state index in [2.05, 4.69) is 9.97 Å². The van der Waals surface area contributed by atoms with Crippen LogP contribution in [0.1, 0.15) is 10.4 Å². The number of carboxylic acid groups (broad SMARTS) is 1. The molecule has 0 atom stereocenters. The van der Waals surface area contributed by atoms with E-state index in [0.717, 1.165) is 17.8 Å². The van der Waals surface area contributed by atoms with Crippen LogP contribution >= 0.6 is 11.8 Å². The molecule has 0 aliphatic heterocycles. The average molecular weight is 295 g/mol. The second-order valence-electron chi connectivity index (χ2n) is 3.50. The smallest absolute Gasteiger partial charge is 0.338 e. The first-order valence-electron chi connectivity index (χ1n) is 5.15. The van der Waals surface area contributed by atoms with Gasteiger partial charge in [-0.1, -0.05) is 0 Å². The number of aromatic nitrogens is 2. The van der Waals surface area contributed by atoms with Crippen LogP contribution < -0.4 is 0 Å². The van der Waals surface area contributed by atoms with E-state index in [4.69, 9.17) is 5.11 Å². The van der Waals surface area contributed by atoms with Crippen LogP contribution in [0.25, 0.3) is 0 Å². The van der Waals surface area contributed by atoms with Gasteiger partial charge in [0.25, 0.3) is 5.69 Å². The number of benzene rings is 1. The molecule has 1 heterocycles. The molecule has 102 valence electrons. The van der Waals surface area contributed by atoms with Crippen LogP contribution in [-0.2, 0) is 0 Å². The van der Waals surface area contributed by atoms with Gasteiger partial charge in [-0.25, -0.2) is 19.2 Å². The molecule has 0 radical (unpaired) electrons. The lowest BCUT2D eigenvalue weighted by atomic mass is 10.2. The van der Waals surface area contributed by atoms with Crippen LogP contribution in [0.2, 0.25) is 0 Å². The molecule has 2 aromatic rings. The van der Waals surface area contributed by atoms with Crippen molar-refractivity contribution in [3.8, 4) is 0 Å². The fourth-order valence-electron chi connectivity index (χ4n) is 1.37. The Morgan fingerprint density at radius 3 is 2.55 bits per heavy atom. The molecule has 2 rings (SSSR count). The van der Waals surface area contributed by atoms with Gasteiger partial charge in [0.1, 0.15) is 5.82 Å². The third-order valence-electron chi connectivity index (χ3n) is 2.22. The highest BCUT2D eigenvalue weighted by Crippen LogP contribution is 2.34. The van der Waals surface area contributed by atoms with Crippen molar-refractivity contribution >= 4 is 23.4 Å². The summed E-state index contributed by atoms with van der Waals surface area (Å²) in [6.07, 6.45) is 2.87. The third-order valence-corrected chi connectivity index (χ3v) is 3.16. The van der Waals surface area contributed by atoms with Crippen LogP contribution in [0, 0.1) is 15.9 Å². The summed E-state index contributed by atoms with van der Waals surface area (Å²) < 4.78 is 13.5. The maximum atomic E-state index is 13.5. The summed E-state index contributed by atoms with van der Waals surface area (Å²) in [5.74, 6) is -2.67. The summed E-state index contributed by atoms with van der Waals surface area (Å²) in [7, 11) is 0. The number of carbonyl (C=O) groups is 1. The maximum Gasteiger partial charge on any atom is 0.338 e. The minimum absolute atomic E-state index is 0.0417. The third kappa shape index (κ3) is 2.88. The van der Waals surface area contributed by atoms with Crippen LogP contribution in [0.5, 0.6) is 0 Å². The van der Waals surface area contributed by atoms with Gasteiger partial charge in [0.2, 0.25) is 0 Å². The molecule has 7 nitrogen and oxygen atoms in total. The predicted octanol–water partition coefficient (Wildman–Crippen LogP) is 2.37. The number of hydrogen-bond acceptors (Lipinski definition) is 6. The SMILES string of the molecule is O=C(O)c1cc(Sc2ncccn2)c([N+](=O)[O-])cc1F. The van der Waals surface area contributed by atoms with Crippen LogP contribution in [0.15, 0.2) is 40.6 Å². The number of aromatic carboxylic acids is 1. The molecule has 9 heteroatoms. The van der Waals surface area contributed by atoms with Crippen molar-refractivity contribution in [2.45, 2.75) is 10.1 Å². The Morgan fingerprint density at radius 2 is 2.00 bits per heavy atom. The molecule has 0 unspecified atom stereocenters. The Labute approximate surface area is 115 Å². The average Bonchev–Trinajstić information content (AvgIpc) is 2.41. The van der Waals surface area contributed by atoms with E-state index in [0.29, 0.717) is 6.07 Å². The molecule has 0 fully saturated rings. The molecule has 0 amide bonds. The number of nitro benzene ring substituents is 1. The van der Waals surface area contributed by atoms with Gasteiger partial charge in [-0.15, -0.1) is 0 Å². The zero-order chi connectivity index (χ0) is 14.7. The fraction of sp³-hybridized carbons (Fsp3) is 0. The topological polar surface area (TPSA) is 106 Å². The zero-order valence-electron chi connectivity index (χ0n) is 9.69.